The van der Waals surface area contributed by atoms with Gasteiger partial charge >= 0.3 is 0 Å². The molecule has 46 heavy (non-hydrogen) atoms. The van der Waals surface area contributed by atoms with Gasteiger partial charge in [0, 0.05) is 35.1 Å². The molecule has 0 bridgehead atoms. The van der Waals surface area contributed by atoms with Crippen molar-refractivity contribution >= 4 is 50.7 Å². The quantitative estimate of drug-likeness (QED) is 0.162. The van der Waals surface area contributed by atoms with E-state index in [-0.39, 0.29) is 29.7 Å². The van der Waals surface area contributed by atoms with Crippen LogP contribution in [0.3, 0.4) is 0 Å². The van der Waals surface area contributed by atoms with E-state index in [0.717, 1.165) is 21.0 Å². The molecule has 0 aromatic heterocycles. The summed E-state index contributed by atoms with van der Waals surface area (Å²) in [6, 6.07) is 26.8. The molecule has 1 atom stereocenters. The first-order valence-corrected chi connectivity index (χ1v) is 17.3. The number of nitrogens with zero attached hydrogens (tertiary/aromatic N) is 2. The first kappa shape index (κ1) is 35.0. The van der Waals surface area contributed by atoms with Crippen molar-refractivity contribution in [3.63, 3.8) is 0 Å². The highest BCUT2D eigenvalue weighted by Gasteiger charge is 2.35. The molecular formula is C36H39Cl2N3O4S. The maximum Gasteiger partial charge on any atom is 0.264 e. The predicted molar refractivity (Wildman–Crippen MR) is 186 cm³/mol. The van der Waals surface area contributed by atoms with Crippen molar-refractivity contribution in [1.82, 2.24) is 10.2 Å². The van der Waals surface area contributed by atoms with Crippen molar-refractivity contribution < 1.29 is 18.0 Å². The number of halogens is 2. The second-order valence-corrected chi connectivity index (χ2v) is 14.4. The van der Waals surface area contributed by atoms with Crippen LogP contribution >= 0.6 is 23.2 Å². The molecule has 0 fully saturated rings. The average Bonchev–Trinajstić information content (AvgIpc) is 3.02. The van der Waals surface area contributed by atoms with Crippen LogP contribution in [0, 0.1) is 19.8 Å². The lowest BCUT2D eigenvalue weighted by atomic mass is 10.0. The Kier molecular flexibility index (Phi) is 11.9. The summed E-state index contributed by atoms with van der Waals surface area (Å²) < 4.78 is 29.4. The lowest BCUT2D eigenvalue weighted by molar-refractivity contribution is -0.140. The first-order chi connectivity index (χ1) is 21.9. The molecule has 242 valence electrons. The lowest BCUT2D eigenvalue weighted by Crippen LogP contribution is -2.53. The Morgan fingerprint density at radius 1 is 0.783 bits per heavy atom. The molecule has 0 aliphatic carbocycles. The third-order valence-corrected chi connectivity index (χ3v) is 10.1. The van der Waals surface area contributed by atoms with Crippen molar-refractivity contribution in [2.24, 2.45) is 5.92 Å². The smallest absolute Gasteiger partial charge is 0.264 e. The molecule has 2 amide bonds. The molecule has 4 aromatic rings. The summed E-state index contributed by atoms with van der Waals surface area (Å²) in [5.74, 6) is -0.787. The first-order valence-electron chi connectivity index (χ1n) is 15.1. The molecule has 10 heteroatoms. The average molecular weight is 681 g/mol. The summed E-state index contributed by atoms with van der Waals surface area (Å²) in [5, 5.41) is 3.63. The highest BCUT2D eigenvalue weighted by Crippen LogP contribution is 2.29. The van der Waals surface area contributed by atoms with Gasteiger partial charge in [0.05, 0.1) is 10.6 Å². The van der Waals surface area contributed by atoms with Crippen molar-refractivity contribution in [3.05, 3.63) is 129 Å². The zero-order chi connectivity index (χ0) is 33.4. The molecule has 4 rings (SSSR count). The van der Waals surface area contributed by atoms with E-state index < -0.39 is 28.5 Å². The van der Waals surface area contributed by atoms with E-state index >= 15 is 0 Å². The summed E-state index contributed by atoms with van der Waals surface area (Å²) in [4.78, 5) is 29.9. The fourth-order valence-corrected chi connectivity index (χ4v) is 6.84. The molecule has 0 heterocycles. The van der Waals surface area contributed by atoms with Gasteiger partial charge in [-0.3, -0.25) is 13.9 Å². The predicted octanol–water partition coefficient (Wildman–Crippen LogP) is 7.22. The van der Waals surface area contributed by atoms with Gasteiger partial charge in [-0.1, -0.05) is 109 Å². The van der Waals surface area contributed by atoms with Gasteiger partial charge in [0.2, 0.25) is 11.8 Å². The summed E-state index contributed by atoms with van der Waals surface area (Å²) in [6.07, 6.45) is 0.188. The molecule has 1 unspecified atom stereocenters. The van der Waals surface area contributed by atoms with Crippen LogP contribution in [0.15, 0.2) is 102 Å². The standard InChI is InChI=1S/C36H39Cl2N3O4S/c1-25(2)22-39-36(43)34(21-28-9-6-5-7-10-28)40(23-31-32(37)11-8-12-33(31)38)35(42)24-41(29-17-13-26(3)14-18-29)46(44,45)30-19-15-27(4)16-20-30/h5-20,25,34H,21-24H2,1-4H3,(H,39,43). The van der Waals surface area contributed by atoms with Crippen LogP contribution in [0.25, 0.3) is 0 Å². The fraction of sp³-hybridized carbons (Fsp3) is 0.278. The van der Waals surface area contributed by atoms with Gasteiger partial charge in [-0.05, 0) is 61.7 Å². The minimum Gasteiger partial charge on any atom is -0.354 e. The highest BCUT2D eigenvalue weighted by atomic mass is 35.5. The van der Waals surface area contributed by atoms with Crippen LogP contribution in [0.5, 0.6) is 0 Å². The van der Waals surface area contributed by atoms with Crippen LogP contribution in [-0.2, 0) is 32.6 Å². The van der Waals surface area contributed by atoms with E-state index in [4.69, 9.17) is 23.2 Å². The Labute approximate surface area is 282 Å². The third kappa shape index (κ3) is 8.90. The molecule has 0 saturated carbocycles. The van der Waals surface area contributed by atoms with Gasteiger partial charge in [-0.15, -0.1) is 0 Å². The topological polar surface area (TPSA) is 86.8 Å². The zero-order valence-corrected chi connectivity index (χ0v) is 28.7. The van der Waals surface area contributed by atoms with Gasteiger partial charge in [-0.2, -0.15) is 0 Å². The number of amides is 2. The number of benzene rings is 4. The van der Waals surface area contributed by atoms with Crippen LogP contribution in [0.4, 0.5) is 5.69 Å². The van der Waals surface area contributed by atoms with E-state index in [1.807, 2.05) is 58.0 Å². The Bertz CT molecular complexity index is 1730. The highest BCUT2D eigenvalue weighted by molar-refractivity contribution is 7.92. The minimum absolute atomic E-state index is 0.0442. The SMILES string of the molecule is Cc1ccc(N(CC(=O)N(Cc2c(Cl)cccc2Cl)C(Cc2ccccc2)C(=O)NCC(C)C)S(=O)(=O)c2ccc(C)cc2)cc1. The fourth-order valence-electron chi connectivity index (χ4n) is 4.91. The summed E-state index contributed by atoms with van der Waals surface area (Å²) in [7, 11) is -4.19. The van der Waals surface area contributed by atoms with E-state index in [1.165, 1.54) is 17.0 Å². The Balaban J connectivity index is 1.83. The van der Waals surface area contributed by atoms with Crippen molar-refractivity contribution in [2.45, 2.75) is 51.6 Å². The number of hydrogen-bond acceptors (Lipinski definition) is 4. The van der Waals surface area contributed by atoms with Crippen LogP contribution < -0.4 is 9.62 Å². The van der Waals surface area contributed by atoms with Crippen molar-refractivity contribution in [2.75, 3.05) is 17.4 Å². The molecule has 0 radical (unpaired) electrons. The number of sulfonamides is 1. The van der Waals surface area contributed by atoms with E-state index in [9.17, 15) is 18.0 Å². The Morgan fingerprint density at radius 2 is 1.35 bits per heavy atom. The van der Waals surface area contributed by atoms with E-state index in [0.29, 0.717) is 27.8 Å². The van der Waals surface area contributed by atoms with Gasteiger partial charge in [0.15, 0.2) is 0 Å². The Hall–Kier alpha value is -3.85. The molecule has 0 saturated heterocycles. The lowest BCUT2D eigenvalue weighted by Gasteiger charge is -2.34. The summed E-state index contributed by atoms with van der Waals surface area (Å²) >= 11 is 13.2. The number of carbonyl (C=O) groups is 2. The van der Waals surface area contributed by atoms with Crippen molar-refractivity contribution in [1.29, 1.82) is 0 Å². The van der Waals surface area contributed by atoms with Gasteiger partial charge in [-0.25, -0.2) is 8.42 Å². The van der Waals surface area contributed by atoms with Gasteiger partial charge < -0.3 is 10.2 Å². The number of carbonyl (C=O) groups excluding carboxylic acids is 2. The second-order valence-electron chi connectivity index (χ2n) is 11.7. The van der Waals surface area contributed by atoms with E-state index in [2.05, 4.69) is 5.32 Å². The number of nitrogens with one attached hydrogen (secondary N) is 1. The van der Waals surface area contributed by atoms with Crippen molar-refractivity contribution in [3.8, 4) is 0 Å². The second kappa shape index (κ2) is 15.6. The molecule has 1 N–H and O–H groups in total. The largest absolute Gasteiger partial charge is 0.354 e. The molecular weight excluding hydrogens is 641 g/mol. The van der Waals surface area contributed by atoms with Crippen LogP contribution in [0.1, 0.15) is 36.1 Å². The maximum atomic E-state index is 14.6. The third-order valence-electron chi connectivity index (χ3n) is 7.56. The Morgan fingerprint density at radius 3 is 1.91 bits per heavy atom. The van der Waals surface area contributed by atoms with Crippen LogP contribution in [0.2, 0.25) is 10.0 Å². The molecule has 4 aromatic carbocycles. The molecule has 0 aliphatic heterocycles. The van der Waals surface area contributed by atoms with Crippen LogP contribution in [-0.4, -0.2) is 44.3 Å². The summed E-state index contributed by atoms with van der Waals surface area (Å²) in [6.45, 7) is 7.44. The number of hydrogen-bond donors (Lipinski definition) is 1. The zero-order valence-electron chi connectivity index (χ0n) is 26.4. The molecule has 0 spiro atoms. The molecule has 0 aliphatic rings. The van der Waals surface area contributed by atoms with E-state index in [1.54, 1.807) is 54.6 Å². The minimum atomic E-state index is -4.19. The van der Waals surface area contributed by atoms with Gasteiger partial charge in [0.25, 0.3) is 10.0 Å². The van der Waals surface area contributed by atoms with Gasteiger partial charge in [0.1, 0.15) is 12.6 Å². The molecule has 7 nitrogen and oxygen atoms in total. The number of anilines is 1. The normalized spacial score (nSPS) is 12.1. The number of rotatable bonds is 13. The monoisotopic (exact) mass is 679 g/mol. The summed E-state index contributed by atoms with van der Waals surface area (Å²) in [5.41, 5.74) is 3.44. The maximum absolute atomic E-state index is 14.6. The number of aryl methyl sites for hydroxylation is 2.